The van der Waals surface area contributed by atoms with Gasteiger partial charge in [-0.2, -0.15) is 0 Å². The molecule has 1 heterocycles. The normalized spacial score (nSPS) is 12.1. The van der Waals surface area contributed by atoms with Gasteiger partial charge in [-0.25, -0.2) is 22.7 Å². The second kappa shape index (κ2) is 13.0. The third-order valence-electron chi connectivity index (χ3n) is 4.43. The quantitative estimate of drug-likeness (QED) is 0.143. The lowest BCUT2D eigenvalue weighted by molar-refractivity contribution is 0.155. The summed E-state index contributed by atoms with van der Waals surface area (Å²) in [4.78, 5) is 8.43. The molecule has 0 aliphatic heterocycles. The number of sulfonamides is 1. The Morgan fingerprint density at radius 2 is 1.88 bits per heavy atom. The van der Waals surface area contributed by atoms with E-state index in [4.69, 9.17) is 49.4 Å². The molecule has 1 N–H and O–H groups in total. The van der Waals surface area contributed by atoms with Crippen molar-refractivity contribution in [2.45, 2.75) is 42.0 Å². The highest BCUT2D eigenvalue weighted by Crippen LogP contribution is 2.37. The summed E-state index contributed by atoms with van der Waals surface area (Å²) in [6.07, 6.45) is 0.533. The highest BCUT2D eigenvalue weighted by molar-refractivity contribution is 7.99. The Bertz CT molecular complexity index is 1090. The van der Waals surface area contributed by atoms with Gasteiger partial charge in [0.1, 0.15) is 16.7 Å². The third kappa shape index (κ3) is 7.86. The molecule has 34 heavy (non-hydrogen) atoms. The van der Waals surface area contributed by atoms with E-state index in [1.807, 2.05) is 0 Å². The van der Waals surface area contributed by atoms with Gasteiger partial charge in [-0.15, -0.1) is 11.8 Å². The van der Waals surface area contributed by atoms with E-state index in [0.29, 0.717) is 23.8 Å². The summed E-state index contributed by atoms with van der Waals surface area (Å²) in [5.74, 6) is 0.363. The standard InChI is InChI=1S/C20H28Cl3N3O5S2Si/c1-30-19-18(24-17(23)20(25-19)32-11-6-9-27)26(13-31-10-12-34(2,3)4)33(28,29)15-8-5-7-14(21)16(15)22/h5,7-8,27H,6,9-13H2,1-4H3. The smallest absolute Gasteiger partial charge is 0.269 e. The summed E-state index contributed by atoms with van der Waals surface area (Å²) in [7, 11) is -4.34. The van der Waals surface area contributed by atoms with E-state index in [9.17, 15) is 8.42 Å². The third-order valence-corrected chi connectivity index (χ3v) is 10.3. The van der Waals surface area contributed by atoms with Gasteiger partial charge in [-0.1, -0.05) is 60.5 Å². The van der Waals surface area contributed by atoms with Crippen LogP contribution in [0.2, 0.25) is 40.9 Å². The van der Waals surface area contributed by atoms with Crippen molar-refractivity contribution in [1.82, 2.24) is 9.97 Å². The van der Waals surface area contributed by atoms with Crippen molar-refractivity contribution in [3.8, 4) is 5.88 Å². The summed E-state index contributed by atoms with van der Waals surface area (Å²) in [5.41, 5.74) is 0. The highest BCUT2D eigenvalue weighted by Gasteiger charge is 2.33. The average Bonchev–Trinajstić information content (AvgIpc) is 2.75. The molecular formula is C20H28Cl3N3O5S2Si. The van der Waals surface area contributed by atoms with Crippen LogP contribution in [0, 0.1) is 0 Å². The van der Waals surface area contributed by atoms with Gasteiger partial charge in [0.25, 0.3) is 15.9 Å². The maximum atomic E-state index is 13.7. The molecule has 1 aromatic heterocycles. The number of aromatic nitrogens is 2. The number of hydrogen-bond donors (Lipinski definition) is 1. The van der Waals surface area contributed by atoms with Gasteiger partial charge in [-0.05, 0) is 24.6 Å². The molecule has 0 spiro atoms. The maximum absolute atomic E-state index is 13.7. The number of nitrogens with zero attached hydrogens (tertiary/aromatic N) is 3. The van der Waals surface area contributed by atoms with Crippen LogP contribution in [0.15, 0.2) is 28.1 Å². The van der Waals surface area contributed by atoms with Gasteiger partial charge in [-0.3, -0.25) is 0 Å². The summed E-state index contributed by atoms with van der Waals surface area (Å²) in [5, 5.41) is 9.34. The second-order valence-corrected chi connectivity index (χ2v) is 18.0. The zero-order valence-electron chi connectivity index (χ0n) is 19.3. The Morgan fingerprint density at radius 1 is 1.18 bits per heavy atom. The first kappa shape index (κ1) is 29.4. The number of benzene rings is 1. The SMILES string of the molecule is COc1nc(SCCCO)c(Cl)nc1N(COCC[Si](C)(C)C)S(=O)(=O)c1cccc(Cl)c1Cl. The van der Waals surface area contributed by atoms with Crippen molar-refractivity contribution >= 4 is 70.5 Å². The molecule has 0 amide bonds. The molecule has 0 saturated carbocycles. The molecule has 0 aliphatic carbocycles. The Kier molecular flexibility index (Phi) is 11.2. The number of aliphatic hydroxyl groups excluding tert-OH is 1. The largest absolute Gasteiger partial charge is 0.478 e. The molecular weight excluding hydrogens is 561 g/mol. The van der Waals surface area contributed by atoms with Crippen molar-refractivity contribution < 1.29 is 23.0 Å². The summed E-state index contributed by atoms with van der Waals surface area (Å²) in [6, 6.07) is 5.16. The van der Waals surface area contributed by atoms with Crippen LogP contribution in [0.25, 0.3) is 0 Å². The lowest BCUT2D eigenvalue weighted by Gasteiger charge is -2.26. The Hall–Kier alpha value is -0.793. The molecule has 0 saturated heterocycles. The van der Waals surface area contributed by atoms with Gasteiger partial charge >= 0.3 is 0 Å². The number of ether oxygens (including phenoxy) is 2. The molecule has 14 heteroatoms. The topological polar surface area (TPSA) is 102 Å². The van der Waals surface area contributed by atoms with Crippen LogP contribution in [-0.2, 0) is 14.8 Å². The molecule has 1 aromatic carbocycles. The van der Waals surface area contributed by atoms with Crippen LogP contribution in [0.5, 0.6) is 5.88 Å². The fraction of sp³-hybridized carbons (Fsp3) is 0.500. The van der Waals surface area contributed by atoms with Crippen LogP contribution >= 0.6 is 46.6 Å². The van der Waals surface area contributed by atoms with Gasteiger partial charge in [0, 0.05) is 27.0 Å². The zero-order chi connectivity index (χ0) is 25.5. The highest BCUT2D eigenvalue weighted by atomic mass is 35.5. The molecule has 8 nitrogen and oxygen atoms in total. The second-order valence-electron chi connectivity index (χ2n) is 8.33. The first-order valence-electron chi connectivity index (χ1n) is 10.3. The monoisotopic (exact) mass is 587 g/mol. The van der Waals surface area contributed by atoms with E-state index in [2.05, 4.69) is 29.6 Å². The molecule has 2 rings (SSSR count). The van der Waals surface area contributed by atoms with Crippen LogP contribution < -0.4 is 9.04 Å². The first-order valence-corrected chi connectivity index (χ1v) is 17.6. The van der Waals surface area contributed by atoms with Gasteiger partial charge in [0.15, 0.2) is 5.15 Å². The van der Waals surface area contributed by atoms with E-state index < -0.39 is 18.1 Å². The zero-order valence-corrected chi connectivity index (χ0v) is 24.2. The van der Waals surface area contributed by atoms with Crippen molar-refractivity contribution in [2.75, 3.05) is 37.1 Å². The van der Waals surface area contributed by atoms with E-state index in [0.717, 1.165) is 10.3 Å². The molecule has 0 unspecified atom stereocenters. The van der Waals surface area contributed by atoms with E-state index in [-0.39, 0.29) is 45.1 Å². The van der Waals surface area contributed by atoms with E-state index in [1.54, 1.807) is 0 Å². The van der Waals surface area contributed by atoms with Crippen LogP contribution in [0.4, 0.5) is 5.82 Å². The van der Waals surface area contributed by atoms with Crippen LogP contribution in [0.1, 0.15) is 6.42 Å². The lowest BCUT2D eigenvalue weighted by atomic mass is 10.4. The minimum atomic E-state index is -4.28. The predicted molar refractivity (Wildman–Crippen MR) is 141 cm³/mol. The number of hydrogen-bond acceptors (Lipinski definition) is 8. The maximum Gasteiger partial charge on any atom is 0.269 e. The fourth-order valence-electron chi connectivity index (χ4n) is 2.57. The number of methoxy groups -OCH3 is 1. The molecule has 0 radical (unpaired) electrons. The molecule has 0 fully saturated rings. The summed E-state index contributed by atoms with van der Waals surface area (Å²) < 4.78 is 39.4. The number of anilines is 1. The molecule has 0 aliphatic rings. The minimum absolute atomic E-state index is 0.00164. The number of rotatable bonds is 13. The van der Waals surface area contributed by atoms with Crippen LogP contribution in [0.3, 0.4) is 0 Å². The van der Waals surface area contributed by atoms with Crippen LogP contribution in [-0.4, -0.2) is 64.4 Å². The van der Waals surface area contributed by atoms with E-state index >= 15 is 0 Å². The van der Waals surface area contributed by atoms with Gasteiger partial charge in [0.05, 0.1) is 17.2 Å². The first-order chi connectivity index (χ1) is 15.9. The molecule has 0 bridgehead atoms. The van der Waals surface area contributed by atoms with Crippen molar-refractivity contribution in [3.63, 3.8) is 0 Å². The molecule has 190 valence electrons. The Morgan fingerprint density at radius 3 is 2.50 bits per heavy atom. The molecule has 0 atom stereocenters. The Labute approximate surface area is 221 Å². The number of aliphatic hydroxyl groups is 1. The van der Waals surface area contributed by atoms with Gasteiger partial charge in [0.2, 0.25) is 5.82 Å². The lowest BCUT2D eigenvalue weighted by Crippen LogP contribution is -2.35. The van der Waals surface area contributed by atoms with E-state index in [1.165, 1.54) is 37.1 Å². The fourth-order valence-corrected chi connectivity index (χ4v) is 6.43. The van der Waals surface area contributed by atoms with Crippen molar-refractivity contribution in [2.24, 2.45) is 0 Å². The number of halogens is 3. The predicted octanol–water partition coefficient (Wildman–Crippen LogP) is 5.43. The van der Waals surface area contributed by atoms with Crippen molar-refractivity contribution in [1.29, 1.82) is 0 Å². The van der Waals surface area contributed by atoms with Gasteiger partial charge < -0.3 is 14.6 Å². The summed E-state index contributed by atoms with van der Waals surface area (Å²) >= 11 is 19.9. The molecule has 2 aromatic rings. The van der Waals surface area contributed by atoms with Crippen molar-refractivity contribution in [3.05, 3.63) is 33.4 Å². The minimum Gasteiger partial charge on any atom is -0.478 e. The average molecular weight is 589 g/mol. The number of thioether (sulfide) groups is 1. The summed E-state index contributed by atoms with van der Waals surface area (Å²) in [6.45, 7) is 6.61. The Balaban J connectivity index is 2.52.